The van der Waals surface area contributed by atoms with Gasteiger partial charge in [0.05, 0.1) is 24.4 Å². The van der Waals surface area contributed by atoms with Crippen LogP contribution in [0.1, 0.15) is 21.6 Å². The van der Waals surface area contributed by atoms with E-state index in [1.54, 1.807) is 4.68 Å². The van der Waals surface area contributed by atoms with Crippen LogP contribution in [0.3, 0.4) is 0 Å². The van der Waals surface area contributed by atoms with Crippen molar-refractivity contribution < 1.29 is 15.0 Å². The third-order valence-corrected chi connectivity index (χ3v) is 4.87. The van der Waals surface area contributed by atoms with Crippen molar-refractivity contribution in [2.24, 2.45) is 11.8 Å². The number of pyridine rings is 1. The van der Waals surface area contributed by atoms with Gasteiger partial charge in [-0.1, -0.05) is 6.07 Å². The largest absolute Gasteiger partial charge is 0.478 e. The predicted octanol–water partition coefficient (Wildman–Crippen LogP) is 0.760. The molecule has 120 valence electrons. The van der Waals surface area contributed by atoms with Gasteiger partial charge in [-0.3, -0.25) is 4.68 Å². The molecule has 4 rings (SSSR count). The van der Waals surface area contributed by atoms with Gasteiger partial charge >= 0.3 is 5.97 Å². The molecular formula is C16H18N4O3. The third-order valence-electron chi connectivity index (χ3n) is 4.87. The van der Waals surface area contributed by atoms with E-state index in [-0.39, 0.29) is 11.7 Å². The highest BCUT2D eigenvalue weighted by molar-refractivity contribution is 5.86. The van der Waals surface area contributed by atoms with Gasteiger partial charge in [0, 0.05) is 36.8 Å². The van der Waals surface area contributed by atoms with Crippen LogP contribution < -0.4 is 4.90 Å². The molecule has 2 aliphatic rings. The first-order valence-electron chi connectivity index (χ1n) is 7.68. The molecule has 3 heterocycles. The first kappa shape index (κ1) is 14.2. The van der Waals surface area contributed by atoms with E-state index >= 15 is 0 Å². The fourth-order valence-electron chi connectivity index (χ4n) is 3.34. The number of aliphatic hydroxyl groups is 1. The normalized spacial score (nSPS) is 25.5. The Hall–Kier alpha value is -2.41. The lowest BCUT2D eigenvalue weighted by Crippen LogP contribution is -2.26. The number of hydrogen-bond donors (Lipinski definition) is 2. The number of carboxylic acids is 1. The highest BCUT2D eigenvalue weighted by Crippen LogP contribution is 2.46. The molecule has 1 saturated heterocycles. The van der Waals surface area contributed by atoms with Crippen LogP contribution in [0.4, 0.5) is 5.82 Å². The first-order chi connectivity index (χ1) is 11.0. The van der Waals surface area contributed by atoms with Gasteiger partial charge in [0.1, 0.15) is 5.82 Å². The number of aromatic carboxylic acids is 1. The molecule has 0 radical (unpaired) electrons. The Morgan fingerprint density at radius 3 is 2.70 bits per heavy atom. The van der Waals surface area contributed by atoms with E-state index in [9.17, 15) is 9.90 Å². The molecule has 2 aromatic rings. The van der Waals surface area contributed by atoms with E-state index in [1.807, 2.05) is 19.1 Å². The van der Waals surface area contributed by atoms with Crippen molar-refractivity contribution in [3.8, 4) is 0 Å². The highest BCUT2D eigenvalue weighted by atomic mass is 16.4. The maximum absolute atomic E-state index is 10.9. The summed E-state index contributed by atoms with van der Waals surface area (Å²) in [5.74, 6) is 0.791. The number of anilines is 1. The average molecular weight is 314 g/mol. The SMILES string of the molecule is Cc1nc(N2C[C@@H]3C(O)[C@@H]3C2)ccc1Cn1cc(C(=O)O)cn1. The van der Waals surface area contributed by atoms with Crippen molar-refractivity contribution in [2.75, 3.05) is 18.0 Å². The minimum atomic E-state index is -0.976. The van der Waals surface area contributed by atoms with Gasteiger partial charge in [0.2, 0.25) is 0 Å². The summed E-state index contributed by atoms with van der Waals surface area (Å²) < 4.78 is 1.61. The molecular weight excluding hydrogens is 296 g/mol. The Bertz CT molecular complexity index is 760. The van der Waals surface area contributed by atoms with Gasteiger partial charge in [0.25, 0.3) is 0 Å². The molecule has 7 heteroatoms. The summed E-state index contributed by atoms with van der Waals surface area (Å²) >= 11 is 0. The maximum atomic E-state index is 10.9. The molecule has 2 fully saturated rings. The lowest BCUT2D eigenvalue weighted by atomic mass is 10.2. The number of carbonyl (C=O) groups is 1. The molecule has 2 aromatic heterocycles. The number of aryl methyl sites for hydroxylation is 1. The minimum Gasteiger partial charge on any atom is -0.478 e. The van der Waals surface area contributed by atoms with Gasteiger partial charge < -0.3 is 15.1 Å². The minimum absolute atomic E-state index is 0.116. The number of aliphatic hydroxyl groups excluding tert-OH is 1. The van der Waals surface area contributed by atoms with Gasteiger partial charge in [-0.15, -0.1) is 0 Å². The van der Waals surface area contributed by atoms with Gasteiger partial charge in [-0.25, -0.2) is 9.78 Å². The van der Waals surface area contributed by atoms with Crippen LogP contribution in [0, 0.1) is 18.8 Å². The van der Waals surface area contributed by atoms with E-state index in [1.165, 1.54) is 12.4 Å². The van der Waals surface area contributed by atoms with E-state index in [0.717, 1.165) is 30.2 Å². The number of carboxylic acid groups (broad SMARTS) is 1. The summed E-state index contributed by atoms with van der Waals surface area (Å²) in [7, 11) is 0. The topological polar surface area (TPSA) is 91.5 Å². The predicted molar refractivity (Wildman–Crippen MR) is 82.5 cm³/mol. The van der Waals surface area contributed by atoms with Crippen molar-refractivity contribution >= 4 is 11.8 Å². The summed E-state index contributed by atoms with van der Waals surface area (Å²) in [5, 5.41) is 22.6. The number of nitrogens with zero attached hydrogens (tertiary/aromatic N) is 4. The third kappa shape index (κ3) is 2.46. The Kier molecular flexibility index (Phi) is 3.12. The maximum Gasteiger partial charge on any atom is 0.338 e. The lowest BCUT2D eigenvalue weighted by molar-refractivity contribution is 0.0696. The monoisotopic (exact) mass is 314 g/mol. The Balaban J connectivity index is 1.48. The van der Waals surface area contributed by atoms with E-state index in [0.29, 0.717) is 18.4 Å². The summed E-state index contributed by atoms with van der Waals surface area (Å²) in [4.78, 5) is 17.8. The Morgan fingerprint density at radius 1 is 1.35 bits per heavy atom. The second-order valence-electron chi connectivity index (χ2n) is 6.37. The van der Waals surface area contributed by atoms with Crippen molar-refractivity contribution in [3.05, 3.63) is 41.3 Å². The van der Waals surface area contributed by atoms with Crippen LogP contribution in [0.15, 0.2) is 24.5 Å². The Labute approximate surface area is 133 Å². The van der Waals surface area contributed by atoms with E-state index in [2.05, 4.69) is 15.0 Å². The van der Waals surface area contributed by atoms with E-state index < -0.39 is 5.97 Å². The molecule has 0 bridgehead atoms. The smallest absolute Gasteiger partial charge is 0.338 e. The van der Waals surface area contributed by atoms with Crippen LogP contribution >= 0.6 is 0 Å². The van der Waals surface area contributed by atoms with Crippen molar-refractivity contribution in [1.29, 1.82) is 0 Å². The molecule has 0 amide bonds. The molecule has 0 aromatic carbocycles. The van der Waals surface area contributed by atoms with Crippen LogP contribution in [-0.4, -0.2) is 50.1 Å². The highest BCUT2D eigenvalue weighted by Gasteiger charge is 2.55. The van der Waals surface area contributed by atoms with E-state index in [4.69, 9.17) is 5.11 Å². The standard InChI is InChI=1S/C16H18N4O3/c1-9-10(5-20-6-11(4-17-20)16(22)23)2-3-14(18-9)19-7-12-13(8-19)15(12)21/h2-4,6,12-13,15,21H,5,7-8H2,1H3,(H,22,23)/t12-,13+,15?. The molecule has 23 heavy (non-hydrogen) atoms. The molecule has 1 unspecified atom stereocenters. The van der Waals surface area contributed by atoms with Crippen LogP contribution in [0.2, 0.25) is 0 Å². The number of rotatable bonds is 4. The quantitative estimate of drug-likeness (QED) is 0.866. The van der Waals surface area contributed by atoms with Gasteiger partial charge in [-0.05, 0) is 18.6 Å². The zero-order chi connectivity index (χ0) is 16.1. The molecule has 1 aliphatic heterocycles. The summed E-state index contributed by atoms with van der Waals surface area (Å²) in [6.07, 6.45) is 2.75. The second kappa shape index (κ2) is 5.06. The zero-order valence-electron chi connectivity index (χ0n) is 12.8. The summed E-state index contributed by atoms with van der Waals surface area (Å²) in [6, 6.07) is 4.00. The summed E-state index contributed by atoms with van der Waals surface area (Å²) in [5.41, 5.74) is 2.11. The fraction of sp³-hybridized carbons (Fsp3) is 0.438. The van der Waals surface area contributed by atoms with Crippen molar-refractivity contribution in [2.45, 2.75) is 19.6 Å². The molecule has 1 aliphatic carbocycles. The Morgan fingerprint density at radius 2 is 2.09 bits per heavy atom. The number of fused-ring (bicyclic) bond motifs is 1. The van der Waals surface area contributed by atoms with Crippen LogP contribution in [0.5, 0.6) is 0 Å². The van der Waals surface area contributed by atoms with Crippen LogP contribution in [0.25, 0.3) is 0 Å². The molecule has 0 spiro atoms. The number of aromatic nitrogens is 3. The molecule has 1 saturated carbocycles. The van der Waals surface area contributed by atoms with Crippen molar-refractivity contribution in [3.63, 3.8) is 0 Å². The van der Waals surface area contributed by atoms with Crippen LogP contribution in [-0.2, 0) is 6.54 Å². The summed E-state index contributed by atoms with van der Waals surface area (Å²) in [6.45, 7) is 4.19. The van der Waals surface area contributed by atoms with Gasteiger partial charge in [-0.2, -0.15) is 5.10 Å². The fourth-order valence-corrected chi connectivity index (χ4v) is 3.34. The average Bonchev–Trinajstić information content (AvgIpc) is 2.94. The number of piperidine rings is 1. The molecule has 3 atom stereocenters. The molecule has 2 N–H and O–H groups in total. The molecule has 7 nitrogen and oxygen atoms in total. The van der Waals surface area contributed by atoms with Gasteiger partial charge in [0.15, 0.2) is 0 Å². The first-order valence-corrected chi connectivity index (χ1v) is 7.68. The lowest BCUT2D eigenvalue weighted by Gasteiger charge is -2.21. The number of hydrogen-bond acceptors (Lipinski definition) is 5. The van der Waals surface area contributed by atoms with Crippen molar-refractivity contribution in [1.82, 2.24) is 14.8 Å². The second-order valence-corrected chi connectivity index (χ2v) is 6.37. The zero-order valence-corrected chi connectivity index (χ0v) is 12.8.